The number of hydrogen-bond acceptors (Lipinski definition) is 5. The SMILES string of the molecule is CCc1nc(NC(=O)c2ccccc2CN2CCOCC2)sc1C. The highest BCUT2D eigenvalue weighted by Crippen LogP contribution is 2.23. The van der Waals surface area contributed by atoms with Gasteiger partial charge in [0.25, 0.3) is 5.91 Å². The Hall–Kier alpha value is -1.76. The van der Waals surface area contributed by atoms with Crippen LogP contribution in [0, 0.1) is 6.92 Å². The lowest BCUT2D eigenvalue weighted by molar-refractivity contribution is 0.0341. The topological polar surface area (TPSA) is 54.5 Å². The number of carbonyl (C=O) groups is 1. The van der Waals surface area contributed by atoms with Gasteiger partial charge in [0.15, 0.2) is 5.13 Å². The Balaban J connectivity index is 1.74. The summed E-state index contributed by atoms with van der Waals surface area (Å²) >= 11 is 1.53. The lowest BCUT2D eigenvalue weighted by Gasteiger charge is -2.27. The lowest BCUT2D eigenvalue weighted by atomic mass is 10.1. The van der Waals surface area contributed by atoms with Gasteiger partial charge in [-0.05, 0) is 25.0 Å². The zero-order chi connectivity index (χ0) is 16.9. The molecule has 1 aromatic carbocycles. The number of rotatable bonds is 5. The van der Waals surface area contributed by atoms with E-state index in [0.29, 0.717) is 5.13 Å². The maximum atomic E-state index is 12.7. The van der Waals surface area contributed by atoms with E-state index in [1.54, 1.807) is 0 Å². The first-order chi connectivity index (χ1) is 11.7. The van der Waals surface area contributed by atoms with E-state index in [2.05, 4.69) is 22.1 Å². The number of amides is 1. The van der Waals surface area contributed by atoms with Crippen molar-refractivity contribution in [3.8, 4) is 0 Å². The molecule has 24 heavy (non-hydrogen) atoms. The molecule has 0 atom stereocenters. The predicted octanol–water partition coefficient (Wildman–Crippen LogP) is 3.10. The fraction of sp³-hybridized carbons (Fsp3) is 0.444. The summed E-state index contributed by atoms with van der Waals surface area (Å²) in [7, 11) is 0. The van der Waals surface area contributed by atoms with Crippen molar-refractivity contribution in [2.45, 2.75) is 26.8 Å². The summed E-state index contributed by atoms with van der Waals surface area (Å²) < 4.78 is 5.39. The summed E-state index contributed by atoms with van der Waals surface area (Å²) in [5, 5.41) is 3.63. The van der Waals surface area contributed by atoms with Gasteiger partial charge in [0.2, 0.25) is 0 Å². The number of carbonyl (C=O) groups excluding carboxylic acids is 1. The molecule has 1 saturated heterocycles. The summed E-state index contributed by atoms with van der Waals surface area (Å²) in [6.45, 7) is 8.20. The molecule has 1 fully saturated rings. The van der Waals surface area contributed by atoms with Crippen molar-refractivity contribution >= 4 is 22.4 Å². The summed E-state index contributed by atoms with van der Waals surface area (Å²) in [5.41, 5.74) is 2.81. The smallest absolute Gasteiger partial charge is 0.257 e. The van der Waals surface area contributed by atoms with Crippen LogP contribution in [0.3, 0.4) is 0 Å². The first-order valence-electron chi connectivity index (χ1n) is 8.33. The average molecular weight is 345 g/mol. The van der Waals surface area contributed by atoms with Crippen molar-refractivity contribution in [3.63, 3.8) is 0 Å². The number of morpholine rings is 1. The lowest BCUT2D eigenvalue weighted by Crippen LogP contribution is -2.36. The molecule has 0 radical (unpaired) electrons. The number of nitrogens with zero attached hydrogens (tertiary/aromatic N) is 2. The van der Waals surface area contributed by atoms with Crippen LogP contribution in [0.2, 0.25) is 0 Å². The van der Waals surface area contributed by atoms with Gasteiger partial charge >= 0.3 is 0 Å². The third-order valence-electron chi connectivity index (χ3n) is 4.21. The normalized spacial score (nSPS) is 15.4. The minimum atomic E-state index is -0.0877. The fourth-order valence-corrected chi connectivity index (χ4v) is 3.75. The number of anilines is 1. The van der Waals surface area contributed by atoms with Crippen LogP contribution >= 0.6 is 11.3 Å². The van der Waals surface area contributed by atoms with Crippen LogP contribution in [-0.2, 0) is 17.7 Å². The third kappa shape index (κ3) is 4.01. The standard InChI is InChI=1S/C18H23N3O2S/c1-3-16-13(2)24-18(19-16)20-17(22)15-7-5-4-6-14(15)12-21-8-10-23-11-9-21/h4-7H,3,8-12H2,1-2H3,(H,19,20,22). The first-order valence-corrected chi connectivity index (χ1v) is 9.14. The number of benzene rings is 1. The van der Waals surface area contributed by atoms with Crippen LogP contribution in [0.4, 0.5) is 5.13 Å². The number of aromatic nitrogens is 1. The van der Waals surface area contributed by atoms with Crippen molar-refractivity contribution in [2.24, 2.45) is 0 Å². The molecule has 1 aromatic heterocycles. The molecule has 1 aliphatic rings. The van der Waals surface area contributed by atoms with Crippen molar-refractivity contribution in [1.29, 1.82) is 0 Å². The minimum Gasteiger partial charge on any atom is -0.379 e. The van der Waals surface area contributed by atoms with Crippen molar-refractivity contribution < 1.29 is 9.53 Å². The Morgan fingerprint density at radius 1 is 1.33 bits per heavy atom. The maximum absolute atomic E-state index is 12.7. The molecule has 2 aromatic rings. The highest BCUT2D eigenvalue weighted by atomic mass is 32.1. The van der Waals surface area contributed by atoms with Gasteiger partial charge < -0.3 is 4.74 Å². The molecule has 1 amide bonds. The Labute approximate surface area is 146 Å². The van der Waals surface area contributed by atoms with Crippen LogP contribution in [0.5, 0.6) is 0 Å². The molecule has 0 bridgehead atoms. The van der Waals surface area contributed by atoms with E-state index in [0.717, 1.165) is 61.0 Å². The number of aryl methyl sites for hydroxylation is 2. The van der Waals surface area contributed by atoms with Crippen molar-refractivity contribution in [2.75, 3.05) is 31.6 Å². The summed E-state index contributed by atoms with van der Waals surface area (Å²) in [5.74, 6) is -0.0877. The van der Waals surface area contributed by atoms with Crippen LogP contribution in [0.15, 0.2) is 24.3 Å². The van der Waals surface area contributed by atoms with Crippen LogP contribution in [0.25, 0.3) is 0 Å². The highest BCUT2D eigenvalue weighted by Gasteiger charge is 2.17. The number of nitrogens with one attached hydrogen (secondary N) is 1. The van der Waals surface area contributed by atoms with Gasteiger partial charge in [-0.1, -0.05) is 25.1 Å². The Bertz CT molecular complexity index is 708. The number of hydrogen-bond donors (Lipinski definition) is 1. The largest absolute Gasteiger partial charge is 0.379 e. The monoisotopic (exact) mass is 345 g/mol. The minimum absolute atomic E-state index is 0.0877. The second-order valence-electron chi connectivity index (χ2n) is 5.88. The molecule has 0 unspecified atom stereocenters. The Morgan fingerprint density at radius 2 is 2.08 bits per heavy atom. The maximum Gasteiger partial charge on any atom is 0.257 e. The van der Waals surface area contributed by atoms with Crippen LogP contribution in [0.1, 0.15) is 33.4 Å². The average Bonchev–Trinajstić information content (AvgIpc) is 2.95. The summed E-state index contributed by atoms with van der Waals surface area (Å²) in [4.78, 5) is 20.7. The molecular formula is C18H23N3O2S. The summed E-state index contributed by atoms with van der Waals surface area (Å²) in [6.07, 6.45) is 0.881. The molecule has 0 spiro atoms. The highest BCUT2D eigenvalue weighted by molar-refractivity contribution is 7.15. The third-order valence-corrected chi connectivity index (χ3v) is 5.14. The zero-order valence-corrected chi connectivity index (χ0v) is 15.0. The molecule has 5 nitrogen and oxygen atoms in total. The van der Waals surface area contributed by atoms with E-state index in [-0.39, 0.29) is 5.91 Å². The van der Waals surface area contributed by atoms with Gasteiger partial charge in [0.05, 0.1) is 18.9 Å². The van der Waals surface area contributed by atoms with E-state index >= 15 is 0 Å². The molecule has 3 rings (SSSR count). The van der Waals surface area contributed by atoms with Gasteiger partial charge in [-0.2, -0.15) is 0 Å². The van der Waals surface area contributed by atoms with E-state index < -0.39 is 0 Å². The van der Waals surface area contributed by atoms with Gasteiger partial charge in [-0.25, -0.2) is 4.98 Å². The van der Waals surface area contributed by atoms with Crippen LogP contribution in [-0.4, -0.2) is 42.1 Å². The molecule has 2 heterocycles. The predicted molar refractivity (Wildman–Crippen MR) is 96.7 cm³/mol. The van der Waals surface area contributed by atoms with E-state index in [4.69, 9.17) is 4.74 Å². The van der Waals surface area contributed by atoms with Gasteiger partial charge in [-0.15, -0.1) is 11.3 Å². The van der Waals surface area contributed by atoms with Gasteiger partial charge in [-0.3, -0.25) is 15.0 Å². The molecule has 0 saturated carbocycles. The number of thiazole rings is 1. The molecule has 1 aliphatic heterocycles. The number of ether oxygens (including phenoxy) is 1. The zero-order valence-electron chi connectivity index (χ0n) is 14.2. The van der Waals surface area contributed by atoms with E-state index in [1.165, 1.54) is 11.3 Å². The van der Waals surface area contributed by atoms with Crippen molar-refractivity contribution in [1.82, 2.24) is 9.88 Å². The molecule has 128 valence electrons. The summed E-state index contributed by atoms with van der Waals surface area (Å²) in [6, 6.07) is 7.79. The second kappa shape index (κ2) is 7.88. The van der Waals surface area contributed by atoms with Crippen molar-refractivity contribution in [3.05, 3.63) is 46.0 Å². The van der Waals surface area contributed by atoms with Gasteiger partial charge in [0, 0.05) is 30.1 Å². The fourth-order valence-electron chi connectivity index (χ4n) is 2.85. The van der Waals surface area contributed by atoms with E-state index in [1.807, 2.05) is 31.2 Å². The van der Waals surface area contributed by atoms with Crippen LogP contribution < -0.4 is 5.32 Å². The molecule has 1 N–H and O–H groups in total. The molecule has 6 heteroatoms. The van der Waals surface area contributed by atoms with E-state index in [9.17, 15) is 4.79 Å². The Morgan fingerprint density at radius 3 is 2.79 bits per heavy atom. The van der Waals surface area contributed by atoms with Gasteiger partial charge in [0.1, 0.15) is 0 Å². The second-order valence-corrected chi connectivity index (χ2v) is 7.08. The Kier molecular flexibility index (Phi) is 5.60. The first kappa shape index (κ1) is 17.1. The molecule has 0 aliphatic carbocycles. The molecular weight excluding hydrogens is 322 g/mol. The quantitative estimate of drug-likeness (QED) is 0.905.